The molecule has 0 saturated carbocycles. The number of hydrogen-bond acceptors (Lipinski definition) is 2. The molecule has 1 aliphatic carbocycles. The van der Waals surface area contributed by atoms with Gasteiger partial charge in [0.25, 0.3) is 0 Å². The van der Waals surface area contributed by atoms with E-state index in [1.807, 2.05) is 0 Å². The molecule has 1 aliphatic rings. The van der Waals surface area contributed by atoms with Crippen molar-refractivity contribution >= 4 is 5.78 Å². The highest BCUT2D eigenvalue weighted by molar-refractivity contribution is 5.95. The fourth-order valence-corrected chi connectivity index (χ4v) is 1.68. The number of ketones is 1. The summed E-state index contributed by atoms with van der Waals surface area (Å²) >= 11 is 0. The summed E-state index contributed by atoms with van der Waals surface area (Å²) < 4.78 is 0. The smallest absolute Gasteiger partial charge is 0.158 e. The molecule has 0 aromatic rings. The zero-order valence-corrected chi connectivity index (χ0v) is 8.22. The van der Waals surface area contributed by atoms with Crippen molar-refractivity contribution < 1.29 is 4.79 Å². The molecule has 0 heterocycles. The van der Waals surface area contributed by atoms with Crippen molar-refractivity contribution in [2.45, 2.75) is 44.9 Å². The SMILES string of the molecule is NCCCCC(=O)C1=CCCCC1. The third kappa shape index (κ3) is 3.73. The highest BCUT2D eigenvalue weighted by atomic mass is 16.1. The molecular weight excluding hydrogens is 162 g/mol. The Morgan fingerprint density at radius 1 is 1.38 bits per heavy atom. The van der Waals surface area contributed by atoms with E-state index in [1.165, 1.54) is 12.8 Å². The lowest BCUT2D eigenvalue weighted by Crippen LogP contribution is -2.07. The Hall–Kier alpha value is -0.630. The van der Waals surface area contributed by atoms with Crippen LogP contribution in [0, 0.1) is 0 Å². The molecule has 13 heavy (non-hydrogen) atoms. The second-order valence-corrected chi connectivity index (χ2v) is 3.64. The van der Waals surface area contributed by atoms with Crippen LogP contribution in [0.3, 0.4) is 0 Å². The molecule has 0 saturated heterocycles. The Morgan fingerprint density at radius 3 is 2.85 bits per heavy atom. The number of unbranched alkanes of at least 4 members (excludes halogenated alkanes) is 1. The van der Waals surface area contributed by atoms with Crippen molar-refractivity contribution in [2.24, 2.45) is 5.73 Å². The predicted octanol–water partition coefficient (Wildman–Crippen LogP) is 2.18. The predicted molar refractivity (Wildman–Crippen MR) is 54.5 cm³/mol. The van der Waals surface area contributed by atoms with Gasteiger partial charge in [-0.15, -0.1) is 0 Å². The molecule has 0 radical (unpaired) electrons. The standard InChI is InChI=1S/C11H19NO/c12-9-5-4-8-11(13)10-6-2-1-3-7-10/h6H,1-5,7-9,12H2. The second kappa shape index (κ2) is 5.92. The topological polar surface area (TPSA) is 43.1 Å². The number of nitrogens with two attached hydrogens (primary N) is 1. The summed E-state index contributed by atoms with van der Waals surface area (Å²) in [6.07, 6.45) is 9.27. The average Bonchev–Trinajstić information content (AvgIpc) is 2.19. The average molecular weight is 181 g/mol. The monoisotopic (exact) mass is 181 g/mol. The molecule has 0 atom stereocenters. The first-order valence-electron chi connectivity index (χ1n) is 5.27. The van der Waals surface area contributed by atoms with Crippen LogP contribution in [0.1, 0.15) is 44.9 Å². The van der Waals surface area contributed by atoms with E-state index in [0.29, 0.717) is 18.7 Å². The van der Waals surface area contributed by atoms with Gasteiger partial charge in [-0.3, -0.25) is 4.79 Å². The normalized spacial score (nSPS) is 16.8. The summed E-state index contributed by atoms with van der Waals surface area (Å²) in [5.41, 5.74) is 6.44. The van der Waals surface area contributed by atoms with E-state index in [1.54, 1.807) is 0 Å². The molecule has 0 spiro atoms. The number of carbonyl (C=O) groups excluding carboxylic acids is 1. The fourth-order valence-electron chi connectivity index (χ4n) is 1.68. The molecule has 0 unspecified atom stereocenters. The van der Waals surface area contributed by atoms with Crippen molar-refractivity contribution in [1.29, 1.82) is 0 Å². The summed E-state index contributed by atoms with van der Waals surface area (Å²) in [6, 6.07) is 0. The first-order chi connectivity index (χ1) is 6.34. The first-order valence-corrected chi connectivity index (χ1v) is 5.27. The van der Waals surface area contributed by atoms with Crippen molar-refractivity contribution in [1.82, 2.24) is 0 Å². The van der Waals surface area contributed by atoms with E-state index in [4.69, 9.17) is 5.73 Å². The largest absolute Gasteiger partial charge is 0.330 e. The first kappa shape index (κ1) is 10.5. The molecule has 1 rings (SSSR count). The third-order valence-electron chi connectivity index (χ3n) is 2.51. The van der Waals surface area contributed by atoms with E-state index in [0.717, 1.165) is 31.3 Å². The van der Waals surface area contributed by atoms with Gasteiger partial charge in [-0.2, -0.15) is 0 Å². The van der Waals surface area contributed by atoms with Crippen LogP contribution in [-0.2, 0) is 4.79 Å². The highest BCUT2D eigenvalue weighted by Gasteiger charge is 2.11. The second-order valence-electron chi connectivity index (χ2n) is 3.64. The summed E-state index contributed by atoms with van der Waals surface area (Å²) in [5.74, 6) is 0.355. The van der Waals surface area contributed by atoms with Crippen LogP contribution in [0.15, 0.2) is 11.6 Å². The zero-order chi connectivity index (χ0) is 9.52. The quantitative estimate of drug-likeness (QED) is 0.661. The highest BCUT2D eigenvalue weighted by Crippen LogP contribution is 2.19. The molecule has 2 N–H and O–H groups in total. The Kier molecular flexibility index (Phi) is 4.76. The lowest BCUT2D eigenvalue weighted by molar-refractivity contribution is -0.115. The number of allylic oxidation sites excluding steroid dienone is 2. The van der Waals surface area contributed by atoms with Gasteiger partial charge in [-0.25, -0.2) is 0 Å². The molecule has 74 valence electrons. The van der Waals surface area contributed by atoms with E-state index < -0.39 is 0 Å². The molecular formula is C11H19NO. The summed E-state index contributed by atoms with van der Waals surface area (Å²) in [4.78, 5) is 11.6. The number of Topliss-reactive ketones (excluding diaryl/α,β-unsaturated/α-hetero) is 1. The number of rotatable bonds is 5. The van der Waals surface area contributed by atoms with E-state index in [2.05, 4.69) is 6.08 Å². The van der Waals surface area contributed by atoms with Gasteiger partial charge in [-0.1, -0.05) is 6.08 Å². The summed E-state index contributed by atoms with van der Waals surface area (Å²) in [5, 5.41) is 0. The van der Waals surface area contributed by atoms with Gasteiger partial charge in [0.15, 0.2) is 5.78 Å². The molecule has 2 heteroatoms. The van der Waals surface area contributed by atoms with Gasteiger partial charge in [-0.05, 0) is 50.6 Å². The van der Waals surface area contributed by atoms with Gasteiger partial charge < -0.3 is 5.73 Å². The fraction of sp³-hybridized carbons (Fsp3) is 0.727. The zero-order valence-electron chi connectivity index (χ0n) is 8.22. The lowest BCUT2D eigenvalue weighted by atomic mass is 9.94. The van der Waals surface area contributed by atoms with Crippen molar-refractivity contribution in [3.63, 3.8) is 0 Å². The van der Waals surface area contributed by atoms with E-state index in [-0.39, 0.29) is 0 Å². The number of carbonyl (C=O) groups is 1. The molecule has 0 aliphatic heterocycles. The maximum absolute atomic E-state index is 11.6. The van der Waals surface area contributed by atoms with Crippen molar-refractivity contribution in [2.75, 3.05) is 6.54 Å². The van der Waals surface area contributed by atoms with E-state index in [9.17, 15) is 4.79 Å². The van der Waals surface area contributed by atoms with Gasteiger partial charge >= 0.3 is 0 Å². The third-order valence-corrected chi connectivity index (χ3v) is 2.51. The maximum Gasteiger partial charge on any atom is 0.158 e. The van der Waals surface area contributed by atoms with E-state index >= 15 is 0 Å². The van der Waals surface area contributed by atoms with Gasteiger partial charge in [0.05, 0.1) is 0 Å². The minimum atomic E-state index is 0.355. The van der Waals surface area contributed by atoms with Crippen LogP contribution < -0.4 is 5.73 Å². The molecule has 0 amide bonds. The van der Waals surface area contributed by atoms with Gasteiger partial charge in [0.2, 0.25) is 0 Å². The molecule has 0 fully saturated rings. The van der Waals surface area contributed by atoms with Crippen LogP contribution in [-0.4, -0.2) is 12.3 Å². The molecule has 0 bridgehead atoms. The molecule has 2 nitrogen and oxygen atoms in total. The Bertz CT molecular complexity index is 196. The molecule has 0 aromatic heterocycles. The van der Waals surface area contributed by atoms with Crippen molar-refractivity contribution in [3.05, 3.63) is 11.6 Å². The van der Waals surface area contributed by atoms with Crippen LogP contribution in [0.25, 0.3) is 0 Å². The minimum absolute atomic E-state index is 0.355. The number of hydrogen-bond donors (Lipinski definition) is 1. The van der Waals surface area contributed by atoms with Crippen LogP contribution >= 0.6 is 0 Å². The lowest BCUT2D eigenvalue weighted by Gasteiger charge is -2.10. The summed E-state index contributed by atoms with van der Waals surface area (Å²) in [7, 11) is 0. The Balaban J connectivity index is 2.25. The van der Waals surface area contributed by atoms with Crippen molar-refractivity contribution in [3.8, 4) is 0 Å². The van der Waals surface area contributed by atoms with Crippen LogP contribution in [0.2, 0.25) is 0 Å². The minimum Gasteiger partial charge on any atom is -0.330 e. The van der Waals surface area contributed by atoms with Gasteiger partial charge in [0.1, 0.15) is 0 Å². The Labute approximate surface area is 80.2 Å². The summed E-state index contributed by atoms with van der Waals surface area (Å²) in [6.45, 7) is 0.701. The maximum atomic E-state index is 11.6. The van der Waals surface area contributed by atoms with Crippen LogP contribution in [0.4, 0.5) is 0 Å². The van der Waals surface area contributed by atoms with Crippen LogP contribution in [0.5, 0.6) is 0 Å². The Morgan fingerprint density at radius 2 is 2.23 bits per heavy atom. The molecule has 0 aromatic carbocycles. The van der Waals surface area contributed by atoms with Gasteiger partial charge in [0, 0.05) is 6.42 Å².